The normalized spacial score (nSPS) is 20.0. The van der Waals surface area contributed by atoms with E-state index in [1.807, 2.05) is 55.5 Å². The maximum atomic E-state index is 12.3. The summed E-state index contributed by atoms with van der Waals surface area (Å²) in [6, 6.07) is 16.1. The number of nitrogens with zero attached hydrogens (tertiary/aromatic N) is 1. The lowest BCUT2D eigenvalue weighted by molar-refractivity contribution is -0.117. The number of carbonyl (C=O) groups excluding carboxylic acids is 2. The molecule has 5 rings (SSSR count). The number of hydrazone groups is 1. The minimum atomic E-state index is -0.194. The zero-order valence-corrected chi connectivity index (χ0v) is 16.7. The van der Waals surface area contributed by atoms with Crippen molar-refractivity contribution in [3.8, 4) is 0 Å². The van der Waals surface area contributed by atoms with Crippen LogP contribution in [0, 0.1) is 5.92 Å². The molecule has 1 fully saturated rings. The van der Waals surface area contributed by atoms with Gasteiger partial charge in [0.25, 0.3) is 5.91 Å². The highest BCUT2D eigenvalue weighted by atomic mass is 16.2. The van der Waals surface area contributed by atoms with Crippen LogP contribution in [0.4, 0.5) is 11.4 Å². The number of anilines is 2. The lowest BCUT2D eigenvalue weighted by atomic mass is 9.91. The maximum Gasteiger partial charge on any atom is 0.275 e. The van der Waals surface area contributed by atoms with Gasteiger partial charge in [0.2, 0.25) is 5.91 Å². The van der Waals surface area contributed by atoms with E-state index >= 15 is 0 Å². The fourth-order valence-electron chi connectivity index (χ4n) is 3.83. The zero-order chi connectivity index (χ0) is 20.7. The molecule has 2 aliphatic heterocycles. The molecule has 2 amide bonds. The van der Waals surface area contributed by atoms with Crippen LogP contribution in [0.1, 0.15) is 30.9 Å². The van der Waals surface area contributed by atoms with Crippen LogP contribution in [0.15, 0.2) is 71.0 Å². The molecule has 1 aliphatic carbocycles. The number of hydrogen-bond acceptors (Lipinski definition) is 4. The van der Waals surface area contributed by atoms with Crippen LogP contribution in [0.5, 0.6) is 0 Å². The number of fused-ring (bicyclic) bond motifs is 1. The van der Waals surface area contributed by atoms with Crippen LogP contribution in [0.25, 0.3) is 5.57 Å². The van der Waals surface area contributed by atoms with Gasteiger partial charge in [-0.15, -0.1) is 0 Å². The van der Waals surface area contributed by atoms with Gasteiger partial charge >= 0.3 is 0 Å². The van der Waals surface area contributed by atoms with Crippen molar-refractivity contribution in [3.05, 3.63) is 77.0 Å². The van der Waals surface area contributed by atoms with Gasteiger partial charge in [-0.25, -0.2) is 5.43 Å². The molecule has 0 aromatic heterocycles. The van der Waals surface area contributed by atoms with Crippen LogP contribution in [-0.2, 0) is 16.0 Å². The zero-order valence-electron chi connectivity index (χ0n) is 16.7. The third kappa shape index (κ3) is 3.52. The molecule has 0 saturated heterocycles. The van der Waals surface area contributed by atoms with E-state index in [9.17, 15) is 9.59 Å². The second-order valence-corrected chi connectivity index (χ2v) is 7.90. The fraction of sp³-hybridized carbons (Fsp3) is 0.208. The van der Waals surface area contributed by atoms with Crippen molar-refractivity contribution in [2.75, 3.05) is 10.6 Å². The van der Waals surface area contributed by atoms with Gasteiger partial charge in [0, 0.05) is 22.9 Å². The summed E-state index contributed by atoms with van der Waals surface area (Å²) in [5, 5.41) is 10.4. The molecule has 6 heteroatoms. The minimum Gasteiger partial charge on any atom is -0.354 e. The molecule has 30 heavy (non-hydrogen) atoms. The van der Waals surface area contributed by atoms with Crippen molar-refractivity contribution >= 4 is 34.5 Å². The number of carbonyl (C=O) groups is 2. The van der Waals surface area contributed by atoms with Gasteiger partial charge in [-0.05, 0) is 61.6 Å². The molecular formula is C24H22N4O2. The molecule has 2 heterocycles. The van der Waals surface area contributed by atoms with Gasteiger partial charge in [0.1, 0.15) is 0 Å². The number of hydrogen-bond donors (Lipinski definition) is 3. The van der Waals surface area contributed by atoms with E-state index in [1.165, 1.54) is 0 Å². The van der Waals surface area contributed by atoms with E-state index in [0.29, 0.717) is 17.7 Å². The summed E-state index contributed by atoms with van der Waals surface area (Å²) >= 11 is 0. The highest BCUT2D eigenvalue weighted by molar-refractivity contribution is 6.25. The summed E-state index contributed by atoms with van der Waals surface area (Å²) < 4.78 is 0. The van der Waals surface area contributed by atoms with E-state index < -0.39 is 0 Å². The largest absolute Gasteiger partial charge is 0.354 e. The second-order valence-electron chi connectivity index (χ2n) is 7.90. The predicted octanol–water partition coefficient (Wildman–Crippen LogP) is 3.85. The second kappa shape index (κ2) is 7.30. The molecule has 0 atom stereocenters. The Kier molecular flexibility index (Phi) is 4.47. The van der Waals surface area contributed by atoms with Gasteiger partial charge in [-0.3, -0.25) is 9.59 Å². The number of para-hydroxylation sites is 1. The highest BCUT2D eigenvalue weighted by Crippen LogP contribution is 2.35. The van der Waals surface area contributed by atoms with Crippen molar-refractivity contribution in [2.24, 2.45) is 11.0 Å². The first-order valence-electron chi connectivity index (χ1n) is 10.1. The van der Waals surface area contributed by atoms with E-state index in [1.54, 1.807) is 0 Å². The molecule has 0 spiro atoms. The smallest absolute Gasteiger partial charge is 0.275 e. The van der Waals surface area contributed by atoms with Gasteiger partial charge < -0.3 is 10.6 Å². The highest BCUT2D eigenvalue weighted by Gasteiger charge is 2.29. The quantitative estimate of drug-likeness (QED) is 0.684. The van der Waals surface area contributed by atoms with Crippen molar-refractivity contribution < 1.29 is 9.59 Å². The molecule has 0 radical (unpaired) electrons. The molecule has 3 N–H and O–H groups in total. The average Bonchev–Trinajstić information content (AvgIpc) is 3.54. The van der Waals surface area contributed by atoms with Crippen LogP contribution in [-0.4, -0.2) is 17.5 Å². The Balaban J connectivity index is 1.44. The Hall–Kier alpha value is -3.67. The maximum absolute atomic E-state index is 12.3. The average molecular weight is 398 g/mol. The molecule has 1 saturated carbocycles. The molecule has 0 bridgehead atoms. The van der Waals surface area contributed by atoms with Crippen LogP contribution in [0.2, 0.25) is 0 Å². The minimum absolute atomic E-state index is 0.112. The van der Waals surface area contributed by atoms with E-state index in [4.69, 9.17) is 0 Å². The third-order valence-corrected chi connectivity index (χ3v) is 5.61. The predicted molar refractivity (Wildman–Crippen MR) is 118 cm³/mol. The SMILES string of the molecule is CC1=NNC(=O)/C1=C1/C=C(Cc2ccc(NC(=O)C3CC3)cc2)c2ccccc2N1. The molecule has 3 aliphatic rings. The first-order chi connectivity index (χ1) is 14.6. The Morgan fingerprint density at radius 3 is 2.60 bits per heavy atom. The van der Waals surface area contributed by atoms with Crippen LogP contribution >= 0.6 is 0 Å². The first-order valence-corrected chi connectivity index (χ1v) is 10.1. The summed E-state index contributed by atoms with van der Waals surface area (Å²) in [7, 11) is 0. The van der Waals surface area contributed by atoms with Crippen molar-refractivity contribution in [2.45, 2.75) is 26.2 Å². The number of rotatable bonds is 4. The van der Waals surface area contributed by atoms with Gasteiger partial charge in [-0.1, -0.05) is 30.3 Å². The van der Waals surface area contributed by atoms with Gasteiger partial charge in [0.05, 0.1) is 17.0 Å². The Morgan fingerprint density at radius 2 is 1.90 bits per heavy atom. The topological polar surface area (TPSA) is 82.6 Å². The summed E-state index contributed by atoms with van der Waals surface area (Å²) in [6.45, 7) is 1.82. The first kappa shape index (κ1) is 18.4. The molecule has 150 valence electrons. The van der Waals surface area contributed by atoms with Crippen molar-refractivity contribution in [3.63, 3.8) is 0 Å². The Morgan fingerprint density at radius 1 is 1.13 bits per heavy atom. The molecule has 2 aromatic carbocycles. The number of nitrogens with one attached hydrogen (secondary N) is 3. The number of allylic oxidation sites excluding steroid dienone is 2. The lowest BCUT2D eigenvalue weighted by Crippen LogP contribution is -2.19. The number of benzene rings is 2. The summed E-state index contributed by atoms with van der Waals surface area (Å²) in [6.07, 6.45) is 4.73. The van der Waals surface area contributed by atoms with E-state index in [0.717, 1.165) is 46.6 Å². The number of amides is 2. The Bertz CT molecular complexity index is 1140. The van der Waals surface area contributed by atoms with Gasteiger partial charge in [-0.2, -0.15) is 5.10 Å². The van der Waals surface area contributed by atoms with Crippen molar-refractivity contribution in [1.29, 1.82) is 0 Å². The van der Waals surface area contributed by atoms with Crippen LogP contribution < -0.4 is 16.1 Å². The fourth-order valence-corrected chi connectivity index (χ4v) is 3.83. The molecule has 6 nitrogen and oxygen atoms in total. The summed E-state index contributed by atoms with van der Waals surface area (Å²) in [4.78, 5) is 24.2. The van der Waals surface area contributed by atoms with Gasteiger partial charge in [0.15, 0.2) is 0 Å². The third-order valence-electron chi connectivity index (χ3n) is 5.61. The lowest BCUT2D eigenvalue weighted by Gasteiger charge is -2.23. The van der Waals surface area contributed by atoms with Crippen molar-refractivity contribution in [1.82, 2.24) is 5.43 Å². The van der Waals surface area contributed by atoms with E-state index in [2.05, 4.69) is 27.2 Å². The molecular weight excluding hydrogens is 376 g/mol. The van der Waals surface area contributed by atoms with Crippen LogP contribution in [0.3, 0.4) is 0 Å². The molecule has 0 unspecified atom stereocenters. The Labute approximate surface area is 174 Å². The van der Waals surface area contributed by atoms with E-state index in [-0.39, 0.29) is 17.7 Å². The summed E-state index contributed by atoms with van der Waals surface area (Å²) in [5.41, 5.74) is 9.69. The monoisotopic (exact) mass is 398 g/mol. The standard InChI is InChI=1S/C24H22N4O2/c1-14-22(24(30)28-27-14)21-13-17(19-4-2-3-5-20(19)26-21)12-15-6-10-18(11-7-15)25-23(29)16-8-9-16/h2-7,10-11,13,16,26H,8-9,12H2,1H3,(H,25,29)(H,28,30)/b22-21-. The molecule has 2 aromatic rings. The summed E-state index contributed by atoms with van der Waals surface area (Å²) in [5.74, 6) is 0.105.